The van der Waals surface area contributed by atoms with Crippen LogP contribution in [0.25, 0.3) is 0 Å². The monoisotopic (exact) mass is 343 g/mol. The molecule has 0 aromatic rings. The fourth-order valence-electron chi connectivity index (χ4n) is 0.275. The van der Waals surface area contributed by atoms with Crippen molar-refractivity contribution in [2.45, 2.75) is 12.5 Å². The summed E-state index contributed by atoms with van der Waals surface area (Å²) in [5.41, 5.74) is 4.84. The fraction of sp³-hybridized carbons (Fsp3) is 0.500. The van der Waals surface area contributed by atoms with Crippen LogP contribution in [0, 0.1) is 0 Å². The van der Waals surface area contributed by atoms with Crippen LogP contribution in [-0.4, -0.2) is 55.5 Å². The third-order valence-electron chi connectivity index (χ3n) is 0.712. The Bertz CT molecular complexity index is 137. The molecule has 0 amide bonds. The summed E-state index contributed by atoms with van der Waals surface area (Å²) >= 11 is 0. The van der Waals surface area contributed by atoms with E-state index in [-0.39, 0.29) is 27.3 Å². The van der Waals surface area contributed by atoms with Gasteiger partial charge in [0.15, 0.2) is 0 Å². The summed E-state index contributed by atoms with van der Waals surface area (Å²) in [6.45, 7) is 0. The first-order valence-electron chi connectivity index (χ1n) is 2.24. The molecule has 0 aliphatic rings. The predicted molar refractivity (Wildman–Crippen MR) is 36.4 cm³/mol. The van der Waals surface area contributed by atoms with Crippen LogP contribution in [0.2, 0.25) is 0 Å². The molecule has 0 aliphatic carbocycles. The van der Waals surface area contributed by atoms with E-state index < -0.39 is 24.4 Å². The van der Waals surface area contributed by atoms with Crippen LogP contribution in [0.3, 0.4) is 0 Å². The first-order chi connectivity index (χ1) is 4.04. The zero-order valence-corrected chi connectivity index (χ0v) is 10.8. The van der Waals surface area contributed by atoms with Gasteiger partial charge in [-0.1, -0.05) is 0 Å². The first kappa shape index (κ1) is 12.5. The number of hydrogen-bond acceptors (Lipinski definition) is 3. The number of carboxylic acid groups (broad SMARTS) is 2. The fourth-order valence-corrected chi connectivity index (χ4v) is 0.275. The van der Waals surface area contributed by atoms with Gasteiger partial charge in [-0.2, -0.15) is 0 Å². The number of nitrogens with two attached hydrogens (primary N) is 1. The molecule has 0 saturated heterocycles. The molecule has 0 unspecified atom stereocenters. The zero-order valence-electron chi connectivity index (χ0n) is 5.28. The van der Waals surface area contributed by atoms with E-state index in [1.165, 1.54) is 0 Å². The SMILES string of the molecule is N[C@@H](CC(=O)O)C(=O)O.[PbH2]. The summed E-state index contributed by atoms with van der Waals surface area (Å²) < 4.78 is 0. The van der Waals surface area contributed by atoms with E-state index in [1.807, 2.05) is 0 Å². The summed E-state index contributed by atoms with van der Waals surface area (Å²) in [4.78, 5) is 19.6. The second kappa shape index (κ2) is 5.60. The maximum absolute atomic E-state index is 9.85. The van der Waals surface area contributed by atoms with E-state index in [4.69, 9.17) is 15.9 Å². The molecule has 0 saturated carbocycles. The Morgan fingerprint density at radius 3 is 1.90 bits per heavy atom. The molecule has 4 N–H and O–H groups in total. The Kier molecular flexibility index (Phi) is 6.99. The van der Waals surface area contributed by atoms with Crippen molar-refractivity contribution in [3.05, 3.63) is 0 Å². The summed E-state index contributed by atoms with van der Waals surface area (Å²) in [7, 11) is 0. The Hall–Kier alpha value is -0.178. The van der Waals surface area contributed by atoms with Crippen molar-refractivity contribution in [1.82, 2.24) is 0 Å². The first-order valence-corrected chi connectivity index (χ1v) is 2.24. The van der Waals surface area contributed by atoms with Crippen LogP contribution in [0.1, 0.15) is 6.42 Å². The van der Waals surface area contributed by atoms with Crippen molar-refractivity contribution in [3.8, 4) is 0 Å². The van der Waals surface area contributed by atoms with Crippen LogP contribution >= 0.6 is 0 Å². The van der Waals surface area contributed by atoms with Gasteiger partial charge in [-0.25, -0.2) is 0 Å². The van der Waals surface area contributed by atoms with Crippen molar-refractivity contribution in [3.63, 3.8) is 0 Å². The van der Waals surface area contributed by atoms with Crippen molar-refractivity contribution in [2.75, 3.05) is 0 Å². The Balaban J connectivity index is 0. The van der Waals surface area contributed by atoms with Crippen LogP contribution in [0.4, 0.5) is 0 Å². The van der Waals surface area contributed by atoms with Gasteiger partial charge < -0.3 is 15.9 Å². The number of aliphatic carboxylic acids is 2. The second-order valence-corrected chi connectivity index (χ2v) is 1.54. The third kappa shape index (κ3) is 5.95. The number of carbonyl (C=O) groups is 2. The van der Waals surface area contributed by atoms with Crippen molar-refractivity contribution >= 4 is 39.2 Å². The van der Waals surface area contributed by atoms with E-state index in [0.29, 0.717) is 0 Å². The van der Waals surface area contributed by atoms with Gasteiger partial charge >= 0.3 is 39.2 Å². The molecule has 0 aliphatic heterocycles. The van der Waals surface area contributed by atoms with Gasteiger partial charge in [0, 0.05) is 0 Å². The van der Waals surface area contributed by atoms with Gasteiger partial charge in [0.2, 0.25) is 0 Å². The molecular weight excluding hydrogens is 333 g/mol. The van der Waals surface area contributed by atoms with E-state index in [2.05, 4.69) is 0 Å². The van der Waals surface area contributed by atoms with Gasteiger partial charge in [0.25, 0.3) is 0 Å². The van der Waals surface area contributed by atoms with Crippen LogP contribution in [0.15, 0.2) is 0 Å². The quantitative estimate of drug-likeness (QED) is 0.513. The number of hydrogen-bond donors (Lipinski definition) is 3. The van der Waals surface area contributed by atoms with E-state index >= 15 is 0 Å². The molecule has 0 heterocycles. The Morgan fingerprint density at radius 1 is 1.40 bits per heavy atom. The minimum absolute atomic E-state index is 0. The van der Waals surface area contributed by atoms with E-state index in [1.54, 1.807) is 0 Å². The zero-order chi connectivity index (χ0) is 7.44. The second-order valence-electron chi connectivity index (χ2n) is 1.54. The van der Waals surface area contributed by atoms with Crippen molar-refractivity contribution in [1.29, 1.82) is 0 Å². The Morgan fingerprint density at radius 2 is 1.80 bits per heavy atom. The normalized spacial score (nSPS) is 11.3. The molecule has 6 heteroatoms. The van der Waals surface area contributed by atoms with E-state index in [9.17, 15) is 9.59 Å². The van der Waals surface area contributed by atoms with Crippen LogP contribution in [-0.2, 0) is 9.59 Å². The van der Waals surface area contributed by atoms with Crippen molar-refractivity contribution < 1.29 is 19.8 Å². The maximum atomic E-state index is 9.85. The van der Waals surface area contributed by atoms with Gasteiger partial charge in [-0.15, -0.1) is 0 Å². The topological polar surface area (TPSA) is 101 Å². The van der Waals surface area contributed by atoms with Crippen LogP contribution in [0.5, 0.6) is 0 Å². The minimum atomic E-state index is -1.29. The molecule has 0 bridgehead atoms. The van der Waals surface area contributed by atoms with E-state index in [0.717, 1.165) is 0 Å². The summed E-state index contributed by atoms with van der Waals surface area (Å²) in [6.07, 6.45) is -0.532. The van der Waals surface area contributed by atoms with Gasteiger partial charge in [0.05, 0.1) is 6.42 Å². The average molecular weight is 342 g/mol. The summed E-state index contributed by atoms with van der Waals surface area (Å²) in [5, 5.41) is 16.0. The molecule has 5 nitrogen and oxygen atoms in total. The summed E-state index contributed by atoms with van der Waals surface area (Å²) in [5.74, 6) is -2.50. The molecule has 0 aromatic carbocycles. The Labute approximate surface area is 77.4 Å². The summed E-state index contributed by atoms with van der Waals surface area (Å²) in [6, 6.07) is -1.29. The van der Waals surface area contributed by atoms with Crippen molar-refractivity contribution in [2.24, 2.45) is 5.73 Å². The van der Waals surface area contributed by atoms with Gasteiger partial charge in [-0.05, 0) is 0 Å². The molecule has 0 spiro atoms. The molecule has 10 heavy (non-hydrogen) atoms. The molecule has 0 rings (SSSR count). The van der Waals surface area contributed by atoms with Gasteiger partial charge in [-0.3, -0.25) is 9.59 Å². The van der Waals surface area contributed by atoms with Crippen LogP contribution < -0.4 is 5.73 Å². The molecule has 58 valence electrons. The number of rotatable bonds is 3. The standard InChI is InChI=1S/C4H7NO4.Pb.2H/c5-2(4(8)9)1-3(6)7;;;/h2H,1,5H2,(H,6,7)(H,8,9);;;/t2-;;;/m0.../s1. The number of carboxylic acids is 2. The average Bonchev–Trinajstić information content (AvgIpc) is 1.63. The molecule has 0 aromatic heterocycles. The molecule has 2 radical (unpaired) electrons. The predicted octanol–water partition coefficient (Wildman–Crippen LogP) is -2.04. The van der Waals surface area contributed by atoms with Gasteiger partial charge in [0.1, 0.15) is 6.04 Å². The molecular formula is C4H9NO4Pb. The molecule has 1 atom stereocenters. The third-order valence-corrected chi connectivity index (χ3v) is 0.712. The molecule has 0 fully saturated rings.